The average molecular weight is 575 g/mol. The molecule has 0 saturated carbocycles. The van der Waals surface area contributed by atoms with Crippen LogP contribution in [-0.4, -0.2) is 75.6 Å². The first kappa shape index (κ1) is 28.0. The maximum atomic E-state index is 13.0. The summed E-state index contributed by atoms with van der Waals surface area (Å²) in [5, 5.41) is 4.73. The number of hydrogen-bond acceptors (Lipinski definition) is 9. The van der Waals surface area contributed by atoms with Gasteiger partial charge in [-0.15, -0.1) is 0 Å². The molecule has 0 radical (unpaired) electrons. The molecule has 12 nitrogen and oxygen atoms in total. The highest BCUT2D eigenvalue weighted by molar-refractivity contribution is 5.96. The zero-order chi connectivity index (χ0) is 29.2. The molecule has 2 saturated heterocycles. The summed E-state index contributed by atoms with van der Waals surface area (Å²) in [5.41, 5.74) is 9.31. The van der Waals surface area contributed by atoms with Gasteiger partial charge in [0, 0.05) is 44.3 Å². The number of nitrogens with one attached hydrogen (secondary N) is 3. The number of anilines is 2. The molecule has 1 amide bonds. The van der Waals surface area contributed by atoms with Gasteiger partial charge in [-0.3, -0.25) is 24.2 Å². The molecular formula is C30H38N8O4. The average Bonchev–Trinajstić information content (AvgIpc) is 3.77. The molecule has 222 valence electrons. The van der Waals surface area contributed by atoms with Crippen molar-refractivity contribution in [1.82, 2.24) is 30.2 Å². The van der Waals surface area contributed by atoms with Gasteiger partial charge in [0.15, 0.2) is 17.4 Å². The van der Waals surface area contributed by atoms with Crippen LogP contribution in [0.2, 0.25) is 0 Å². The van der Waals surface area contributed by atoms with E-state index in [4.69, 9.17) is 10.3 Å². The number of piperidine rings is 1. The lowest BCUT2D eigenvalue weighted by atomic mass is 9.97. The molecule has 42 heavy (non-hydrogen) atoms. The second-order valence-corrected chi connectivity index (χ2v) is 11.4. The third kappa shape index (κ3) is 6.19. The van der Waals surface area contributed by atoms with E-state index in [9.17, 15) is 14.4 Å². The Labute approximate surface area is 243 Å². The third-order valence-corrected chi connectivity index (χ3v) is 8.61. The van der Waals surface area contributed by atoms with Gasteiger partial charge in [-0.25, -0.2) is 4.98 Å². The van der Waals surface area contributed by atoms with Crippen molar-refractivity contribution in [2.45, 2.75) is 57.8 Å². The molecule has 1 aliphatic carbocycles. The van der Waals surface area contributed by atoms with Crippen LogP contribution in [0.4, 0.5) is 11.6 Å². The maximum Gasteiger partial charge on any atom is 0.291 e. The van der Waals surface area contributed by atoms with Crippen LogP contribution in [0.15, 0.2) is 50.5 Å². The van der Waals surface area contributed by atoms with E-state index in [1.807, 2.05) is 4.90 Å². The number of amides is 1. The minimum atomic E-state index is -0.608. The molecule has 2 aromatic heterocycles. The maximum absolute atomic E-state index is 13.0. The number of rotatable bonds is 9. The molecule has 6 rings (SSSR count). The Bertz CT molecular complexity index is 1560. The number of carbonyl (C=O) groups excluding carboxylic acids is 1. The van der Waals surface area contributed by atoms with Crippen molar-refractivity contribution in [3.05, 3.63) is 79.7 Å². The summed E-state index contributed by atoms with van der Waals surface area (Å²) >= 11 is 0. The Hall–Kier alpha value is -4.16. The lowest BCUT2D eigenvalue weighted by molar-refractivity contribution is 0.0610. The topological polar surface area (TPSA) is 157 Å². The van der Waals surface area contributed by atoms with Gasteiger partial charge in [0.2, 0.25) is 0 Å². The molecule has 2 aliphatic heterocycles. The highest BCUT2D eigenvalue weighted by atomic mass is 16.5. The number of likely N-dealkylation sites (tertiary alicyclic amines) is 1. The SMILES string of the molecule is CC[C@H]1CN(c2nc(N)c(C(=O)NCc3cc(=O)[nH]o3)[nH]c2=O)CCN1C1CCN(Cc2ccc(C3=CC3)cc2)CC1. The molecule has 0 bridgehead atoms. The number of carbonyl (C=O) groups is 1. The summed E-state index contributed by atoms with van der Waals surface area (Å²) < 4.78 is 4.93. The van der Waals surface area contributed by atoms with Crippen LogP contribution >= 0.6 is 0 Å². The van der Waals surface area contributed by atoms with Crippen LogP contribution < -0.4 is 27.1 Å². The Morgan fingerprint density at radius 1 is 1.14 bits per heavy atom. The van der Waals surface area contributed by atoms with Crippen LogP contribution in [0.1, 0.15) is 60.0 Å². The summed E-state index contributed by atoms with van der Waals surface area (Å²) in [6, 6.07) is 11.1. The van der Waals surface area contributed by atoms with Crippen molar-refractivity contribution in [3.63, 3.8) is 0 Å². The zero-order valence-electron chi connectivity index (χ0n) is 23.9. The fraction of sp³-hybridized carbons (Fsp3) is 0.467. The summed E-state index contributed by atoms with van der Waals surface area (Å²) in [6.45, 7) is 7.46. The number of allylic oxidation sites excluding steroid dienone is 2. The van der Waals surface area contributed by atoms with Gasteiger partial charge >= 0.3 is 0 Å². The minimum Gasteiger partial charge on any atom is -0.382 e. The number of aromatic amines is 2. The first-order valence-corrected chi connectivity index (χ1v) is 14.7. The van der Waals surface area contributed by atoms with Crippen molar-refractivity contribution in [1.29, 1.82) is 0 Å². The van der Waals surface area contributed by atoms with Crippen LogP contribution in [0.5, 0.6) is 0 Å². The number of aromatic nitrogens is 3. The lowest BCUT2D eigenvalue weighted by Crippen LogP contribution is -2.59. The minimum absolute atomic E-state index is 0.0362. The van der Waals surface area contributed by atoms with Crippen molar-refractivity contribution in [2.24, 2.45) is 0 Å². The van der Waals surface area contributed by atoms with Gasteiger partial charge in [0.25, 0.3) is 17.0 Å². The van der Waals surface area contributed by atoms with Crippen LogP contribution in [0.25, 0.3) is 5.57 Å². The van der Waals surface area contributed by atoms with E-state index in [1.54, 1.807) is 0 Å². The summed E-state index contributed by atoms with van der Waals surface area (Å²) in [6.07, 6.45) is 6.61. The number of nitrogens with two attached hydrogens (primary N) is 1. The number of benzene rings is 1. The smallest absolute Gasteiger partial charge is 0.291 e. The van der Waals surface area contributed by atoms with E-state index < -0.39 is 17.0 Å². The highest BCUT2D eigenvalue weighted by Crippen LogP contribution is 2.31. The van der Waals surface area contributed by atoms with Crippen molar-refractivity contribution < 1.29 is 9.32 Å². The number of nitrogens with zero attached hydrogens (tertiary/aromatic N) is 4. The summed E-state index contributed by atoms with van der Waals surface area (Å²) in [7, 11) is 0. The van der Waals surface area contributed by atoms with Crippen molar-refractivity contribution in [2.75, 3.05) is 43.4 Å². The highest BCUT2D eigenvalue weighted by Gasteiger charge is 2.34. The summed E-state index contributed by atoms with van der Waals surface area (Å²) in [5.74, 6) is -0.176. The third-order valence-electron chi connectivity index (χ3n) is 8.61. The second-order valence-electron chi connectivity index (χ2n) is 11.4. The molecule has 3 aliphatic rings. The largest absolute Gasteiger partial charge is 0.382 e. The van der Waals surface area contributed by atoms with Gasteiger partial charge in [-0.05, 0) is 55.5 Å². The Kier molecular flexibility index (Phi) is 7.98. The molecule has 4 heterocycles. The van der Waals surface area contributed by atoms with Crippen LogP contribution in [0, 0.1) is 0 Å². The molecule has 1 atom stereocenters. The molecule has 2 fully saturated rings. The monoisotopic (exact) mass is 574 g/mol. The first-order valence-electron chi connectivity index (χ1n) is 14.7. The van der Waals surface area contributed by atoms with Gasteiger partial charge in [-0.2, -0.15) is 5.16 Å². The van der Waals surface area contributed by atoms with E-state index in [1.165, 1.54) is 22.8 Å². The van der Waals surface area contributed by atoms with Crippen molar-refractivity contribution >= 4 is 23.1 Å². The van der Waals surface area contributed by atoms with Crippen LogP contribution in [-0.2, 0) is 13.1 Å². The van der Waals surface area contributed by atoms with Crippen molar-refractivity contribution in [3.8, 4) is 0 Å². The lowest BCUT2D eigenvalue weighted by Gasteiger charge is -2.47. The van der Waals surface area contributed by atoms with E-state index in [-0.39, 0.29) is 29.6 Å². The summed E-state index contributed by atoms with van der Waals surface area (Å²) in [4.78, 5) is 50.9. The van der Waals surface area contributed by atoms with Gasteiger partial charge in [0.1, 0.15) is 5.69 Å². The van der Waals surface area contributed by atoms with Gasteiger partial charge < -0.3 is 25.5 Å². The standard InChI is InChI=1S/C30H38N8O4/c1-2-22-18-37(28-30(41)33-26(27(31)34-28)29(40)32-16-24-15-25(39)35-42-24)13-14-38(22)23-9-11-36(12-10-23)17-19-3-5-20(6-4-19)21-7-8-21/h3-7,15,22-23H,2,8-14,16-18H2,1H3,(H2,31,34)(H,32,40)(H,33,41)(H,35,39)/t22-/m0/s1. The fourth-order valence-corrected chi connectivity index (χ4v) is 6.19. The van der Waals surface area contributed by atoms with E-state index in [0.29, 0.717) is 25.2 Å². The normalized spacial score (nSPS) is 20.0. The molecule has 0 unspecified atom stereocenters. The van der Waals surface area contributed by atoms with E-state index >= 15 is 0 Å². The van der Waals surface area contributed by atoms with E-state index in [0.717, 1.165) is 51.9 Å². The Morgan fingerprint density at radius 2 is 1.90 bits per heavy atom. The van der Waals surface area contributed by atoms with E-state index in [2.05, 4.69) is 67.5 Å². The number of nitrogen functional groups attached to an aromatic ring is 1. The quantitative estimate of drug-likeness (QED) is 0.300. The first-order chi connectivity index (χ1) is 20.4. The molecule has 12 heteroatoms. The molecular weight excluding hydrogens is 536 g/mol. The molecule has 1 aromatic carbocycles. The molecule has 5 N–H and O–H groups in total. The number of hydrogen-bond donors (Lipinski definition) is 4. The molecule has 3 aromatic rings. The number of H-pyrrole nitrogens is 2. The molecule has 0 spiro atoms. The van der Waals surface area contributed by atoms with Gasteiger partial charge in [-0.1, -0.05) is 37.3 Å². The Balaban J connectivity index is 1.03. The Morgan fingerprint density at radius 3 is 2.57 bits per heavy atom. The predicted molar refractivity (Wildman–Crippen MR) is 160 cm³/mol. The van der Waals surface area contributed by atoms with Crippen LogP contribution in [0.3, 0.4) is 0 Å². The zero-order valence-corrected chi connectivity index (χ0v) is 23.9. The van der Waals surface area contributed by atoms with Gasteiger partial charge in [0.05, 0.1) is 6.54 Å². The second kappa shape index (κ2) is 12.0. The fourth-order valence-electron chi connectivity index (χ4n) is 6.19. The number of piperazine rings is 1. The predicted octanol–water partition coefficient (Wildman–Crippen LogP) is 1.92.